The highest BCUT2D eigenvalue weighted by atomic mass is 16.4. The first-order valence-electron chi connectivity index (χ1n) is 6.06. The van der Waals surface area contributed by atoms with Gasteiger partial charge in [0, 0.05) is 19.6 Å². The summed E-state index contributed by atoms with van der Waals surface area (Å²) >= 11 is 0. The van der Waals surface area contributed by atoms with E-state index in [1.54, 1.807) is 12.5 Å². The van der Waals surface area contributed by atoms with Crippen LogP contribution in [0, 0.1) is 0 Å². The fourth-order valence-electron chi connectivity index (χ4n) is 1.57. The zero-order valence-electron chi connectivity index (χ0n) is 11.0. The van der Waals surface area contributed by atoms with Gasteiger partial charge in [0.15, 0.2) is 0 Å². The van der Waals surface area contributed by atoms with Crippen molar-refractivity contribution >= 4 is 6.01 Å². The van der Waals surface area contributed by atoms with Crippen LogP contribution < -0.4 is 10.2 Å². The Bertz CT molecular complexity index is 462. The Morgan fingerprint density at radius 3 is 2.89 bits per heavy atom. The summed E-state index contributed by atoms with van der Waals surface area (Å²) in [6.45, 7) is 5.56. The lowest BCUT2D eigenvalue weighted by molar-refractivity contribution is 0.488. The minimum Gasteiger partial charge on any atom is -0.467 e. The van der Waals surface area contributed by atoms with Gasteiger partial charge in [0.2, 0.25) is 0 Å². The number of aromatic nitrogens is 1. The summed E-state index contributed by atoms with van der Waals surface area (Å²) in [5.41, 5.74) is 0.907. The predicted octanol–water partition coefficient (Wildman–Crippen LogP) is 2.40. The maximum atomic E-state index is 5.44. The van der Waals surface area contributed by atoms with Crippen LogP contribution in [-0.4, -0.2) is 18.1 Å². The summed E-state index contributed by atoms with van der Waals surface area (Å²) in [7, 11) is 1.92. The lowest BCUT2D eigenvalue weighted by atomic mass is 10.4. The Labute approximate surface area is 107 Å². The van der Waals surface area contributed by atoms with Crippen LogP contribution >= 0.6 is 0 Å². The van der Waals surface area contributed by atoms with Crippen LogP contribution in [0.5, 0.6) is 0 Å². The van der Waals surface area contributed by atoms with Gasteiger partial charge in [0.1, 0.15) is 12.0 Å². The first-order chi connectivity index (χ1) is 8.65. The molecule has 0 aliphatic carbocycles. The molecule has 5 heteroatoms. The molecule has 5 nitrogen and oxygen atoms in total. The van der Waals surface area contributed by atoms with Crippen LogP contribution in [-0.2, 0) is 13.1 Å². The largest absolute Gasteiger partial charge is 0.467 e. The fourth-order valence-corrected chi connectivity index (χ4v) is 1.57. The van der Waals surface area contributed by atoms with Gasteiger partial charge in [-0.2, -0.15) is 4.98 Å². The van der Waals surface area contributed by atoms with Crippen molar-refractivity contribution < 1.29 is 8.83 Å². The van der Waals surface area contributed by atoms with Crippen molar-refractivity contribution in [3.63, 3.8) is 0 Å². The molecule has 2 heterocycles. The average Bonchev–Trinajstić information content (AvgIpc) is 2.96. The monoisotopic (exact) mass is 249 g/mol. The molecule has 2 aromatic heterocycles. The molecule has 0 saturated carbocycles. The molecule has 0 aromatic carbocycles. The Morgan fingerprint density at radius 2 is 2.22 bits per heavy atom. The van der Waals surface area contributed by atoms with Crippen LogP contribution in [0.25, 0.3) is 0 Å². The summed E-state index contributed by atoms with van der Waals surface area (Å²) < 4.78 is 10.7. The standard InChI is InChI=1S/C13H19N3O2/c1-10(2)14-7-11-9-18-13(15-11)16(3)8-12-5-4-6-17-12/h4-6,9-10,14H,7-8H2,1-3H3. The molecule has 2 aromatic rings. The van der Waals surface area contributed by atoms with Crippen molar-refractivity contribution in [1.29, 1.82) is 0 Å². The molecule has 0 saturated heterocycles. The van der Waals surface area contributed by atoms with Crippen molar-refractivity contribution in [2.24, 2.45) is 0 Å². The third kappa shape index (κ3) is 3.37. The zero-order valence-corrected chi connectivity index (χ0v) is 11.0. The van der Waals surface area contributed by atoms with Gasteiger partial charge in [-0.05, 0) is 12.1 Å². The van der Waals surface area contributed by atoms with Crippen LogP contribution in [0.15, 0.2) is 33.5 Å². The molecule has 0 unspecified atom stereocenters. The lowest BCUT2D eigenvalue weighted by Crippen LogP contribution is -2.22. The fraction of sp³-hybridized carbons (Fsp3) is 0.462. The molecule has 2 rings (SSSR count). The van der Waals surface area contributed by atoms with Crippen LogP contribution in [0.3, 0.4) is 0 Å². The Kier molecular flexibility index (Phi) is 4.04. The van der Waals surface area contributed by atoms with Gasteiger partial charge in [-0.3, -0.25) is 0 Å². The third-order valence-electron chi connectivity index (χ3n) is 2.53. The lowest BCUT2D eigenvalue weighted by Gasteiger charge is -2.11. The molecule has 0 radical (unpaired) electrons. The van der Waals surface area contributed by atoms with E-state index in [9.17, 15) is 0 Å². The Balaban J connectivity index is 1.92. The van der Waals surface area contributed by atoms with Gasteiger partial charge in [0.25, 0.3) is 6.01 Å². The van der Waals surface area contributed by atoms with E-state index in [0.29, 0.717) is 18.6 Å². The number of nitrogens with one attached hydrogen (secondary N) is 1. The summed E-state index contributed by atoms with van der Waals surface area (Å²) in [6, 6.07) is 4.84. The highest BCUT2D eigenvalue weighted by Crippen LogP contribution is 2.15. The van der Waals surface area contributed by atoms with E-state index < -0.39 is 0 Å². The van der Waals surface area contributed by atoms with E-state index >= 15 is 0 Å². The van der Waals surface area contributed by atoms with E-state index in [0.717, 1.165) is 18.0 Å². The molecule has 1 N–H and O–H groups in total. The highest BCUT2D eigenvalue weighted by molar-refractivity contribution is 5.26. The van der Waals surface area contributed by atoms with Gasteiger partial charge in [-0.1, -0.05) is 13.8 Å². The van der Waals surface area contributed by atoms with Crippen molar-refractivity contribution in [3.8, 4) is 0 Å². The van der Waals surface area contributed by atoms with Gasteiger partial charge in [-0.15, -0.1) is 0 Å². The van der Waals surface area contributed by atoms with Crippen molar-refractivity contribution in [3.05, 3.63) is 36.1 Å². The quantitative estimate of drug-likeness (QED) is 0.852. The van der Waals surface area contributed by atoms with Crippen LogP contribution in [0.4, 0.5) is 6.01 Å². The number of anilines is 1. The second kappa shape index (κ2) is 5.73. The second-order valence-corrected chi connectivity index (χ2v) is 4.59. The van der Waals surface area contributed by atoms with E-state index in [1.165, 1.54) is 0 Å². The Hall–Kier alpha value is -1.75. The minimum absolute atomic E-state index is 0.436. The molecule has 18 heavy (non-hydrogen) atoms. The first kappa shape index (κ1) is 12.7. The smallest absolute Gasteiger partial charge is 0.297 e. The van der Waals surface area contributed by atoms with E-state index in [-0.39, 0.29) is 0 Å². The average molecular weight is 249 g/mol. The molecule has 0 bridgehead atoms. The summed E-state index contributed by atoms with van der Waals surface area (Å²) in [4.78, 5) is 6.33. The summed E-state index contributed by atoms with van der Waals surface area (Å²) in [6.07, 6.45) is 3.35. The first-order valence-corrected chi connectivity index (χ1v) is 6.06. The normalized spacial score (nSPS) is 11.1. The molecular weight excluding hydrogens is 230 g/mol. The molecular formula is C13H19N3O2. The number of oxazole rings is 1. The molecule has 0 aliphatic rings. The molecule has 0 amide bonds. The second-order valence-electron chi connectivity index (χ2n) is 4.59. The van der Waals surface area contributed by atoms with Crippen molar-refractivity contribution in [2.45, 2.75) is 33.0 Å². The van der Waals surface area contributed by atoms with Crippen LogP contribution in [0.2, 0.25) is 0 Å². The SMILES string of the molecule is CC(C)NCc1coc(N(C)Cc2ccco2)n1. The van der Waals surface area contributed by atoms with Gasteiger partial charge < -0.3 is 19.1 Å². The maximum absolute atomic E-state index is 5.44. The highest BCUT2D eigenvalue weighted by Gasteiger charge is 2.10. The summed E-state index contributed by atoms with van der Waals surface area (Å²) in [5, 5.41) is 3.30. The molecule has 0 spiro atoms. The molecule has 0 atom stereocenters. The third-order valence-corrected chi connectivity index (χ3v) is 2.53. The summed E-state index contributed by atoms with van der Waals surface area (Å²) in [5.74, 6) is 0.887. The van der Waals surface area contributed by atoms with Crippen LogP contribution in [0.1, 0.15) is 25.3 Å². The van der Waals surface area contributed by atoms with E-state index in [2.05, 4.69) is 24.1 Å². The van der Waals surface area contributed by atoms with Gasteiger partial charge in [-0.25, -0.2) is 0 Å². The number of hydrogen-bond acceptors (Lipinski definition) is 5. The van der Waals surface area contributed by atoms with E-state index in [1.807, 2.05) is 24.1 Å². The van der Waals surface area contributed by atoms with E-state index in [4.69, 9.17) is 8.83 Å². The van der Waals surface area contributed by atoms with Gasteiger partial charge >= 0.3 is 0 Å². The number of hydrogen-bond donors (Lipinski definition) is 1. The molecule has 98 valence electrons. The number of rotatable bonds is 6. The Morgan fingerprint density at radius 1 is 1.39 bits per heavy atom. The van der Waals surface area contributed by atoms with Gasteiger partial charge in [0.05, 0.1) is 18.5 Å². The number of nitrogens with zero attached hydrogens (tertiary/aromatic N) is 2. The predicted molar refractivity (Wildman–Crippen MR) is 69.3 cm³/mol. The van der Waals surface area contributed by atoms with Crippen molar-refractivity contribution in [2.75, 3.05) is 11.9 Å². The molecule has 0 fully saturated rings. The van der Waals surface area contributed by atoms with Crippen molar-refractivity contribution in [1.82, 2.24) is 10.3 Å². The molecule has 0 aliphatic heterocycles. The zero-order chi connectivity index (χ0) is 13.0. The number of furan rings is 1. The minimum atomic E-state index is 0.436. The topological polar surface area (TPSA) is 54.4 Å². The maximum Gasteiger partial charge on any atom is 0.297 e.